The van der Waals surface area contributed by atoms with Gasteiger partial charge in [-0.05, 0) is 38.8 Å². The van der Waals surface area contributed by atoms with Crippen LogP contribution in [0.15, 0.2) is 42.7 Å². The molecular weight excluding hydrogens is 332 g/mol. The molecule has 1 aromatic carbocycles. The number of hydrogen-bond acceptors (Lipinski definition) is 4. The predicted molar refractivity (Wildman–Crippen MR) is 97.7 cm³/mol. The molecule has 0 saturated carbocycles. The van der Waals surface area contributed by atoms with Gasteiger partial charge < -0.3 is 10.4 Å². The Bertz CT molecular complexity index is 785. The molecule has 0 spiro atoms. The van der Waals surface area contributed by atoms with E-state index in [1.54, 1.807) is 20.0 Å². The van der Waals surface area contributed by atoms with Gasteiger partial charge in [-0.1, -0.05) is 30.3 Å². The molecule has 7 heteroatoms. The molecule has 26 heavy (non-hydrogen) atoms. The summed E-state index contributed by atoms with van der Waals surface area (Å²) < 4.78 is 1.35. The lowest BCUT2D eigenvalue weighted by molar-refractivity contribution is -0.146. The molecule has 1 fully saturated rings. The van der Waals surface area contributed by atoms with Gasteiger partial charge >= 0.3 is 5.97 Å². The zero-order chi connectivity index (χ0) is 18.7. The number of carboxylic acid groups (broad SMARTS) is 1. The summed E-state index contributed by atoms with van der Waals surface area (Å²) in [6.45, 7) is 4.75. The number of nitrogens with zero attached hydrogens (tertiary/aromatic N) is 3. The standard InChI is InChI=1S/C19H24N4O3/c1-19(2,18(25)26)23-13-15(11-20-23)21-17(24)16-9-6-10-22(16)12-14-7-4-3-5-8-14/h3-5,7-8,11,13,16H,6,9-10,12H2,1-2H3,(H,21,24)(H,25,26). The average Bonchev–Trinajstić information content (AvgIpc) is 3.25. The van der Waals surface area contributed by atoms with Crippen LogP contribution in [0.25, 0.3) is 0 Å². The lowest BCUT2D eigenvalue weighted by Gasteiger charge is -2.23. The van der Waals surface area contributed by atoms with Crippen molar-refractivity contribution < 1.29 is 14.7 Å². The van der Waals surface area contributed by atoms with Crippen LogP contribution in [0, 0.1) is 0 Å². The van der Waals surface area contributed by atoms with Gasteiger partial charge in [-0.25, -0.2) is 4.79 Å². The minimum atomic E-state index is -1.17. The molecule has 7 nitrogen and oxygen atoms in total. The number of benzene rings is 1. The lowest BCUT2D eigenvalue weighted by atomic mass is 10.1. The summed E-state index contributed by atoms with van der Waals surface area (Å²) in [6.07, 6.45) is 4.84. The SMILES string of the molecule is CC(C)(C(=O)O)n1cc(NC(=O)C2CCCN2Cc2ccccc2)cn1. The smallest absolute Gasteiger partial charge is 0.331 e. The number of hydrogen-bond donors (Lipinski definition) is 2. The molecule has 2 N–H and O–H groups in total. The summed E-state index contributed by atoms with van der Waals surface area (Å²) in [4.78, 5) is 26.2. The van der Waals surface area contributed by atoms with E-state index < -0.39 is 11.5 Å². The molecule has 0 bridgehead atoms. The van der Waals surface area contributed by atoms with E-state index >= 15 is 0 Å². The molecule has 2 heterocycles. The summed E-state index contributed by atoms with van der Waals surface area (Å²) >= 11 is 0. The zero-order valence-corrected chi connectivity index (χ0v) is 15.1. The Labute approximate surface area is 152 Å². The summed E-state index contributed by atoms with van der Waals surface area (Å²) in [5.41, 5.74) is 0.523. The number of aliphatic carboxylic acids is 1. The molecule has 1 aliphatic rings. The Morgan fingerprint density at radius 1 is 1.31 bits per heavy atom. The van der Waals surface area contributed by atoms with Crippen molar-refractivity contribution in [1.29, 1.82) is 0 Å². The average molecular weight is 356 g/mol. The monoisotopic (exact) mass is 356 g/mol. The number of nitrogens with one attached hydrogen (secondary N) is 1. The Morgan fingerprint density at radius 2 is 2.04 bits per heavy atom. The molecule has 1 amide bonds. The fraction of sp³-hybridized carbons (Fsp3) is 0.421. The van der Waals surface area contributed by atoms with Crippen molar-refractivity contribution >= 4 is 17.6 Å². The maximum atomic E-state index is 12.7. The second-order valence-corrected chi connectivity index (χ2v) is 7.14. The third-order valence-corrected chi connectivity index (χ3v) is 4.84. The van der Waals surface area contributed by atoms with Crippen LogP contribution in [0.4, 0.5) is 5.69 Å². The van der Waals surface area contributed by atoms with E-state index in [0.717, 1.165) is 25.9 Å². The maximum absolute atomic E-state index is 12.7. The van der Waals surface area contributed by atoms with Gasteiger partial charge in [-0.2, -0.15) is 5.10 Å². The van der Waals surface area contributed by atoms with Crippen LogP contribution in [0.3, 0.4) is 0 Å². The third kappa shape index (κ3) is 3.77. The fourth-order valence-electron chi connectivity index (χ4n) is 3.15. The quantitative estimate of drug-likeness (QED) is 0.829. The molecule has 1 atom stereocenters. The van der Waals surface area contributed by atoms with Crippen molar-refractivity contribution in [2.24, 2.45) is 0 Å². The number of carbonyl (C=O) groups excluding carboxylic acids is 1. The first-order valence-electron chi connectivity index (χ1n) is 8.75. The van der Waals surface area contributed by atoms with Gasteiger partial charge in [0.15, 0.2) is 5.54 Å². The lowest BCUT2D eigenvalue weighted by Crippen LogP contribution is -2.39. The van der Waals surface area contributed by atoms with Crippen LogP contribution in [-0.4, -0.2) is 44.3 Å². The van der Waals surface area contributed by atoms with Crippen LogP contribution >= 0.6 is 0 Å². The highest BCUT2D eigenvalue weighted by molar-refractivity contribution is 5.94. The number of likely N-dealkylation sites (tertiary alicyclic amines) is 1. The first-order valence-corrected chi connectivity index (χ1v) is 8.75. The van der Waals surface area contributed by atoms with E-state index in [4.69, 9.17) is 0 Å². The van der Waals surface area contributed by atoms with Crippen molar-refractivity contribution in [2.75, 3.05) is 11.9 Å². The molecule has 1 aromatic heterocycles. The molecular formula is C19H24N4O3. The fourth-order valence-corrected chi connectivity index (χ4v) is 3.15. The van der Waals surface area contributed by atoms with Gasteiger partial charge in [0, 0.05) is 12.7 Å². The molecule has 3 rings (SSSR count). The van der Waals surface area contributed by atoms with E-state index in [1.807, 2.05) is 18.2 Å². The summed E-state index contributed by atoms with van der Waals surface area (Å²) in [7, 11) is 0. The summed E-state index contributed by atoms with van der Waals surface area (Å²) in [5.74, 6) is -1.06. The van der Waals surface area contributed by atoms with Crippen LogP contribution in [0.1, 0.15) is 32.3 Å². The third-order valence-electron chi connectivity index (χ3n) is 4.84. The number of carboxylic acids is 1. The van der Waals surface area contributed by atoms with Crippen molar-refractivity contribution in [3.63, 3.8) is 0 Å². The number of amides is 1. The van der Waals surface area contributed by atoms with Gasteiger partial charge in [-0.15, -0.1) is 0 Å². The molecule has 2 aromatic rings. The first kappa shape index (κ1) is 18.1. The van der Waals surface area contributed by atoms with Gasteiger partial charge in [-0.3, -0.25) is 14.4 Å². The number of aromatic nitrogens is 2. The second-order valence-electron chi connectivity index (χ2n) is 7.14. The van der Waals surface area contributed by atoms with E-state index in [-0.39, 0.29) is 11.9 Å². The predicted octanol–water partition coefficient (Wildman–Crippen LogP) is 2.31. The topological polar surface area (TPSA) is 87.5 Å². The second kappa shape index (κ2) is 7.29. The largest absolute Gasteiger partial charge is 0.479 e. The molecule has 0 aliphatic carbocycles. The van der Waals surface area contributed by atoms with Crippen LogP contribution < -0.4 is 5.32 Å². The molecule has 1 unspecified atom stereocenters. The van der Waals surface area contributed by atoms with Crippen molar-refractivity contribution in [3.05, 3.63) is 48.3 Å². The van der Waals surface area contributed by atoms with Gasteiger partial charge in [0.05, 0.1) is 17.9 Å². The van der Waals surface area contributed by atoms with Crippen LogP contribution in [0.2, 0.25) is 0 Å². The number of anilines is 1. The normalized spacial score (nSPS) is 18.0. The van der Waals surface area contributed by atoms with E-state index in [0.29, 0.717) is 5.69 Å². The summed E-state index contributed by atoms with van der Waals surface area (Å²) in [5, 5.41) is 16.2. The molecule has 0 radical (unpaired) electrons. The van der Waals surface area contributed by atoms with Gasteiger partial charge in [0.25, 0.3) is 0 Å². The highest BCUT2D eigenvalue weighted by Gasteiger charge is 2.32. The van der Waals surface area contributed by atoms with Gasteiger partial charge in [0.2, 0.25) is 5.91 Å². The van der Waals surface area contributed by atoms with Crippen molar-refractivity contribution in [2.45, 2.75) is 44.8 Å². The minimum Gasteiger partial charge on any atom is -0.479 e. The Hall–Kier alpha value is -2.67. The van der Waals surface area contributed by atoms with E-state index in [1.165, 1.54) is 16.4 Å². The zero-order valence-electron chi connectivity index (χ0n) is 15.1. The van der Waals surface area contributed by atoms with Crippen LogP contribution in [0.5, 0.6) is 0 Å². The molecule has 1 saturated heterocycles. The Kier molecular flexibility index (Phi) is 5.08. The van der Waals surface area contributed by atoms with Crippen LogP contribution in [-0.2, 0) is 21.7 Å². The highest BCUT2D eigenvalue weighted by Crippen LogP contribution is 2.22. The minimum absolute atomic E-state index is 0.0777. The highest BCUT2D eigenvalue weighted by atomic mass is 16.4. The van der Waals surface area contributed by atoms with E-state index in [9.17, 15) is 14.7 Å². The first-order chi connectivity index (χ1) is 12.4. The Balaban J connectivity index is 1.66. The number of carbonyl (C=O) groups is 2. The van der Waals surface area contributed by atoms with Gasteiger partial charge in [0.1, 0.15) is 0 Å². The summed E-state index contributed by atoms with van der Waals surface area (Å²) in [6, 6.07) is 9.91. The molecule has 1 aliphatic heterocycles. The number of rotatable bonds is 6. The molecule has 138 valence electrons. The van der Waals surface area contributed by atoms with Crippen molar-refractivity contribution in [3.8, 4) is 0 Å². The van der Waals surface area contributed by atoms with E-state index in [2.05, 4.69) is 27.4 Å². The Morgan fingerprint density at radius 3 is 2.73 bits per heavy atom. The maximum Gasteiger partial charge on any atom is 0.331 e. The van der Waals surface area contributed by atoms with Crippen molar-refractivity contribution in [1.82, 2.24) is 14.7 Å².